The molecule has 0 spiro atoms. The zero-order valence-corrected chi connectivity index (χ0v) is 10.0. The van der Waals surface area contributed by atoms with Crippen LogP contribution in [-0.2, 0) is 4.74 Å². The van der Waals surface area contributed by atoms with E-state index in [1.807, 2.05) is 0 Å². The zero-order valence-electron chi connectivity index (χ0n) is 8.31. The summed E-state index contributed by atoms with van der Waals surface area (Å²) in [5.74, 6) is 0. The van der Waals surface area contributed by atoms with E-state index in [4.69, 9.17) is 9.84 Å². The van der Waals surface area contributed by atoms with Gasteiger partial charge in [-0.25, -0.2) is 0 Å². The van der Waals surface area contributed by atoms with Crippen LogP contribution in [0.5, 0.6) is 0 Å². The summed E-state index contributed by atoms with van der Waals surface area (Å²) < 4.78 is 7.46. The van der Waals surface area contributed by atoms with Gasteiger partial charge in [-0.05, 0) is 0 Å². The van der Waals surface area contributed by atoms with Gasteiger partial charge < -0.3 is 0 Å². The maximum absolute atomic E-state index is 11.0. The SMILES string of the molecule is O=c1ccn([C@@H]2CC(O)[C@H](CO)O2)c([Se])n1. The van der Waals surface area contributed by atoms with Gasteiger partial charge in [-0.3, -0.25) is 0 Å². The van der Waals surface area contributed by atoms with Crippen LogP contribution in [-0.4, -0.2) is 54.6 Å². The van der Waals surface area contributed by atoms with E-state index >= 15 is 0 Å². The normalized spacial score (nSPS) is 29.5. The molecule has 0 bridgehead atoms. The molecule has 0 amide bonds. The Bertz CT molecular complexity index is 436. The molecule has 1 aliphatic rings. The standard InChI is InChI=1S/C9H11N2O4Se/c12-4-6-5(13)3-8(15-6)11-2-1-7(14)10-9(11)16/h1-2,5-6,8,12-13H,3-4H2/t5?,6-,8-/m0/s1. The third-order valence-corrected chi connectivity index (χ3v) is 3.13. The number of rotatable bonds is 2. The third-order valence-electron chi connectivity index (χ3n) is 2.50. The van der Waals surface area contributed by atoms with E-state index in [9.17, 15) is 9.90 Å². The molecule has 1 unspecified atom stereocenters. The van der Waals surface area contributed by atoms with Crippen molar-refractivity contribution in [3.05, 3.63) is 22.6 Å². The number of aliphatic hydroxyl groups excluding tert-OH is 2. The third kappa shape index (κ3) is 2.18. The summed E-state index contributed by atoms with van der Waals surface area (Å²) in [4.78, 5) is 14.7. The summed E-state index contributed by atoms with van der Waals surface area (Å²) >= 11 is 2.66. The first-order valence-corrected chi connectivity index (χ1v) is 5.68. The topological polar surface area (TPSA) is 84.6 Å². The van der Waals surface area contributed by atoms with Crippen molar-refractivity contribution in [1.82, 2.24) is 9.55 Å². The second kappa shape index (κ2) is 4.65. The zero-order chi connectivity index (χ0) is 11.7. The molecule has 1 radical (unpaired) electrons. The van der Waals surface area contributed by atoms with Crippen molar-refractivity contribution in [2.75, 3.05) is 6.61 Å². The van der Waals surface area contributed by atoms with Crippen molar-refractivity contribution in [2.24, 2.45) is 0 Å². The van der Waals surface area contributed by atoms with Crippen LogP contribution in [0.1, 0.15) is 12.6 Å². The molecule has 7 heteroatoms. The summed E-state index contributed by atoms with van der Waals surface area (Å²) in [5.41, 5.74) is -0.331. The molecule has 16 heavy (non-hydrogen) atoms. The summed E-state index contributed by atoms with van der Waals surface area (Å²) in [6.45, 7) is -0.228. The van der Waals surface area contributed by atoms with E-state index < -0.39 is 18.4 Å². The fourth-order valence-electron chi connectivity index (χ4n) is 1.67. The minimum absolute atomic E-state index is 0.228. The molecule has 1 aromatic rings. The molecule has 1 aromatic heterocycles. The van der Waals surface area contributed by atoms with E-state index in [-0.39, 0.29) is 12.2 Å². The van der Waals surface area contributed by atoms with E-state index in [1.54, 1.807) is 10.8 Å². The van der Waals surface area contributed by atoms with E-state index in [2.05, 4.69) is 21.0 Å². The van der Waals surface area contributed by atoms with Crippen LogP contribution in [0.4, 0.5) is 0 Å². The van der Waals surface area contributed by atoms with Gasteiger partial charge in [0.2, 0.25) is 0 Å². The van der Waals surface area contributed by atoms with E-state index in [0.29, 0.717) is 11.1 Å². The fourth-order valence-corrected chi connectivity index (χ4v) is 2.23. The molecule has 2 N–H and O–H groups in total. The van der Waals surface area contributed by atoms with Crippen LogP contribution in [0.25, 0.3) is 0 Å². The van der Waals surface area contributed by atoms with Crippen molar-refractivity contribution in [2.45, 2.75) is 24.9 Å². The average Bonchev–Trinajstić information content (AvgIpc) is 2.59. The Kier molecular flexibility index (Phi) is 3.41. The van der Waals surface area contributed by atoms with Crippen LogP contribution in [0, 0.1) is 0 Å². The fraction of sp³-hybridized carbons (Fsp3) is 0.556. The number of hydrogen-bond donors (Lipinski definition) is 2. The van der Waals surface area contributed by atoms with Crippen molar-refractivity contribution >= 4 is 20.7 Å². The Hall–Kier alpha value is -0.721. The van der Waals surface area contributed by atoms with Crippen molar-refractivity contribution in [3.8, 4) is 0 Å². The molecular weight excluding hydrogens is 279 g/mol. The number of nitrogens with zero attached hydrogens (tertiary/aromatic N) is 2. The van der Waals surface area contributed by atoms with Crippen molar-refractivity contribution < 1.29 is 14.9 Å². The van der Waals surface area contributed by atoms with Crippen LogP contribution >= 0.6 is 0 Å². The van der Waals surface area contributed by atoms with Crippen LogP contribution in [0.3, 0.4) is 0 Å². The Balaban J connectivity index is 2.23. The summed E-state index contributed by atoms with van der Waals surface area (Å²) in [6.07, 6.45) is 0.233. The molecule has 3 atom stereocenters. The number of hydrogen-bond acceptors (Lipinski definition) is 5. The number of aliphatic hydroxyl groups is 2. The molecule has 0 aliphatic carbocycles. The van der Waals surface area contributed by atoms with Gasteiger partial charge in [0, 0.05) is 0 Å². The Morgan fingerprint density at radius 3 is 3.00 bits per heavy atom. The Morgan fingerprint density at radius 2 is 2.44 bits per heavy atom. The van der Waals surface area contributed by atoms with Gasteiger partial charge in [0.05, 0.1) is 0 Å². The molecule has 1 saturated heterocycles. The quantitative estimate of drug-likeness (QED) is 0.597. The Labute approximate surface area is 99.7 Å². The molecule has 6 nitrogen and oxygen atoms in total. The minimum atomic E-state index is -0.700. The second-order valence-electron chi connectivity index (χ2n) is 3.57. The first kappa shape index (κ1) is 11.8. The first-order valence-electron chi connectivity index (χ1n) is 4.82. The first-order chi connectivity index (χ1) is 7.61. The molecule has 87 valence electrons. The number of aromatic nitrogens is 2. The summed E-state index contributed by atoms with van der Waals surface area (Å²) in [5, 5.41) is 18.5. The van der Waals surface area contributed by atoms with Crippen LogP contribution < -0.4 is 10.3 Å². The van der Waals surface area contributed by atoms with Crippen LogP contribution in [0.2, 0.25) is 0 Å². The Morgan fingerprint density at radius 1 is 1.69 bits per heavy atom. The molecule has 1 fully saturated rings. The van der Waals surface area contributed by atoms with Gasteiger partial charge in [-0.15, -0.1) is 0 Å². The second-order valence-corrected chi connectivity index (χ2v) is 4.34. The predicted molar refractivity (Wildman–Crippen MR) is 55.5 cm³/mol. The van der Waals surface area contributed by atoms with E-state index in [0.717, 1.165) is 0 Å². The van der Waals surface area contributed by atoms with Crippen molar-refractivity contribution in [1.29, 1.82) is 0 Å². The number of ether oxygens (including phenoxy) is 1. The molecule has 2 heterocycles. The van der Waals surface area contributed by atoms with Gasteiger partial charge in [-0.1, -0.05) is 0 Å². The van der Waals surface area contributed by atoms with Gasteiger partial charge in [-0.2, -0.15) is 0 Å². The molecular formula is C9H11N2O4Se. The molecule has 0 aromatic carbocycles. The van der Waals surface area contributed by atoms with Crippen molar-refractivity contribution in [3.63, 3.8) is 0 Å². The average molecular weight is 290 g/mol. The molecule has 0 saturated carbocycles. The summed E-state index contributed by atoms with van der Waals surface area (Å²) in [7, 11) is 0. The molecule has 2 rings (SSSR count). The molecule has 1 aliphatic heterocycles. The van der Waals surface area contributed by atoms with Gasteiger partial charge in [0.25, 0.3) is 0 Å². The van der Waals surface area contributed by atoms with E-state index in [1.165, 1.54) is 6.07 Å². The monoisotopic (exact) mass is 291 g/mol. The maximum atomic E-state index is 11.0. The summed E-state index contributed by atoms with van der Waals surface area (Å²) in [6, 6.07) is 1.32. The van der Waals surface area contributed by atoms with Gasteiger partial charge >= 0.3 is 99.3 Å². The van der Waals surface area contributed by atoms with Gasteiger partial charge in [0.1, 0.15) is 0 Å². The predicted octanol–water partition coefficient (Wildman–Crippen LogP) is -2.32. The van der Waals surface area contributed by atoms with Crippen LogP contribution in [0.15, 0.2) is 17.1 Å². The van der Waals surface area contributed by atoms with Gasteiger partial charge in [0.15, 0.2) is 0 Å².